The van der Waals surface area contributed by atoms with E-state index in [1.807, 2.05) is 53.4 Å². The Morgan fingerprint density at radius 1 is 1.22 bits per heavy atom. The lowest BCUT2D eigenvalue weighted by Crippen LogP contribution is -2.31. The number of benzene rings is 2. The zero-order chi connectivity index (χ0) is 19.0. The summed E-state index contributed by atoms with van der Waals surface area (Å²) in [4.78, 5) is 22.3. The smallest absolute Gasteiger partial charge is 0.264 e. The molecule has 0 bridgehead atoms. The maximum Gasteiger partial charge on any atom is 0.264 e. The fraction of sp³-hybridized carbons (Fsp3) is 0.150. The minimum atomic E-state index is -0.359. The highest BCUT2D eigenvalue weighted by atomic mass is 32.1. The molecule has 1 unspecified atom stereocenters. The summed E-state index contributed by atoms with van der Waals surface area (Å²) in [7, 11) is 0. The van der Waals surface area contributed by atoms with Crippen LogP contribution in [0.5, 0.6) is 0 Å². The Labute approximate surface area is 162 Å². The maximum atomic E-state index is 12.7. The molecule has 1 atom stereocenters. The molecule has 0 saturated carbocycles. The number of hydrogen-bond donors (Lipinski definition) is 3. The number of nitrogens with zero attached hydrogens (tertiary/aromatic N) is 2. The Hall–Kier alpha value is -3.19. The summed E-state index contributed by atoms with van der Waals surface area (Å²) in [6, 6.07) is 17.6. The average molecular weight is 377 g/mol. The summed E-state index contributed by atoms with van der Waals surface area (Å²) < 4.78 is 0. The Morgan fingerprint density at radius 3 is 2.67 bits per heavy atom. The van der Waals surface area contributed by atoms with Crippen molar-refractivity contribution in [1.29, 1.82) is 0 Å². The van der Waals surface area contributed by atoms with Crippen LogP contribution in [0.3, 0.4) is 0 Å². The Kier molecular flexibility index (Phi) is 4.37. The molecule has 1 aliphatic rings. The molecular formula is C20H19N5OS. The van der Waals surface area contributed by atoms with E-state index in [2.05, 4.69) is 28.3 Å². The van der Waals surface area contributed by atoms with Gasteiger partial charge in [0.05, 0.1) is 0 Å². The molecule has 0 amide bonds. The van der Waals surface area contributed by atoms with E-state index in [0.29, 0.717) is 5.95 Å². The number of aromatic amines is 1. The Balaban J connectivity index is 1.69. The van der Waals surface area contributed by atoms with Crippen LogP contribution >= 0.6 is 12.2 Å². The van der Waals surface area contributed by atoms with Gasteiger partial charge < -0.3 is 16.0 Å². The first-order chi connectivity index (χ1) is 13.0. The molecular weight excluding hydrogens is 358 g/mol. The highest BCUT2D eigenvalue weighted by Gasteiger charge is 2.29. The first-order valence-electron chi connectivity index (χ1n) is 8.68. The van der Waals surface area contributed by atoms with Crippen molar-refractivity contribution < 1.29 is 0 Å². The molecule has 0 radical (unpaired) electrons. The second kappa shape index (κ2) is 6.85. The van der Waals surface area contributed by atoms with Gasteiger partial charge in [0.25, 0.3) is 5.56 Å². The molecule has 0 spiro atoms. The standard InChI is InChI=1S/C20H19N5OS/c1-12-11-13-7-5-6-10-15(13)25(12)20-23-17(21)16(18(26)24-20)19(27)22-14-8-3-2-4-9-14/h2-10,12H,11H2,1H3,(H,22,27)(H3,21,23,24,26). The van der Waals surface area contributed by atoms with Crippen molar-refractivity contribution in [2.45, 2.75) is 19.4 Å². The van der Waals surface area contributed by atoms with Crippen molar-refractivity contribution in [2.24, 2.45) is 0 Å². The fourth-order valence-electron chi connectivity index (χ4n) is 3.42. The van der Waals surface area contributed by atoms with Crippen molar-refractivity contribution in [3.8, 4) is 0 Å². The van der Waals surface area contributed by atoms with Gasteiger partial charge in [-0.15, -0.1) is 0 Å². The van der Waals surface area contributed by atoms with E-state index >= 15 is 0 Å². The van der Waals surface area contributed by atoms with Crippen LogP contribution in [0.15, 0.2) is 59.4 Å². The number of thiocarbonyl (C=S) groups is 1. The van der Waals surface area contributed by atoms with Crippen molar-refractivity contribution in [1.82, 2.24) is 9.97 Å². The fourth-order valence-corrected chi connectivity index (χ4v) is 3.73. The topological polar surface area (TPSA) is 87.0 Å². The molecule has 0 fully saturated rings. The van der Waals surface area contributed by atoms with Crippen LogP contribution in [0.2, 0.25) is 0 Å². The molecule has 0 aliphatic carbocycles. The van der Waals surface area contributed by atoms with E-state index in [0.717, 1.165) is 17.8 Å². The molecule has 1 aromatic heterocycles. The molecule has 2 heterocycles. The summed E-state index contributed by atoms with van der Waals surface area (Å²) in [5.74, 6) is 0.542. The van der Waals surface area contributed by atoms with Gasteiger partial charge in [-0.3, -0.25) is 9.78 Å². The number of H-pyrrole nitrogens is 1. The van der Waals surface area contributed by atoms with E-state index in [4.69, 9.17) is 18.0 Å². The van der Waals surface area contributed by atoms with Crippen molar-refractivity contribution in [3.63, 3.8) is 0 Å². The third-order valence-electron chi connectivity index (χ3n) is 4.63. The lowest BCUT2D eigenvalue weighted by Gasteiger charge is -2.23. The van der Waals surface area contributed by atoms with Gasteiger partial charge in [-0.2, -0.15) is 4.98 Å². The number of anilines is 4. The van der Waals surface area contributed by atoms with Crippen LogP contribution in [0.25, 0.3) is 0 Å². The third kappa shape index (κ3) is 3.17. The summed E-state index contributed by atoms with van der Waals surface area (Å²) >= 11 is 5.38. The quantitative estimate of drug-likeness (QED) is 0.608. The molecule has 2 aromatic carbocycles. The highest BCUT2D eigenvalue weighted by molar-refractivity contribution is 7.81. The predicted molar refractivity (Wildman–Crippen MR) is 113 cm³/mol. The first kappa shape index (κ1) is 17.2. The summed E-state index contributed by atoms with van der Waals surface area (Å²) in [6.45, 7) is 2.09. The van der Waals surface area contributed by atoms with Crippen LogP contribution < -0.4 is 21.5 Å². The summed E-state index contributed by atoms with van der Waals surface area (Å²) in [6.07, 6.45) is 0.884. The van der Waals surface area contributed by atoms with Crippen LogP contribution in [0.1, 0.15) is 18.1 Å². The van der Waals surface area contributed by atoms with Crippen molar-refractivity contribution in [2.75, 3.05) is 16.0 Å². The second-order valence-electron chi connectivity index (χ2n) is 6.52. The number of nitrogens with two attached hydrogens (primary N) is 1. The first-order valence-corrected chi connectivity index (χ1v) is 9.08. The number of nitrogen functional groups attached to an aromatic ring is 1. The summed E-state index contributed by atoms with van der Waals surface area (Å²) in [5.41, 5.74) is 8.98. The van der Waals surface area contributed by atoms with Crippen LogP contribution in [-0.2, 0) is 6.42 Å². The minimum Gasteiger partial charge on any atom is -0.383 e. The SMILES string of the molecule is CC1Cc2ccccc2N1c1nc(N)c(C(=S)Nc2ccccc2)c(=O)[nH]1. The average Bonchev–Trinajstić information content (AvgIpc) is 2.97. The van der Waals surface area contributed by atoms with Gasteiger partial charge in [0.2, 0.25) is 5.95 Å². The maximum absolute atomic E-state index is 12.7. The summed E-state index contributed by atoms with van der Waals surface area (Å²) in [5, 5.41) is 3.03. The number of fused-ring (bicyclic) bond motifs is 1. The van der Waals surface area contributed by atoms with Gasteiger partial charge in [-0.1, -0.05) is 48.6 Å². The highest BCUT2D eigenvalue weighted by Crippen LogP contribution is 2.36. The van der Waals surface area contributed by atoms with Crippen molar-refractivity contribution in [3.05, 3.63) is 76.1 Å². The van der Waals surface area contributed by atoms with E-state index in [9.17, 15) is 4.79 Å². The lowest BCUT2D eigenvalue weighted by atomic mass is 10.1. The molecule has 4 N–H and O–H groups in total. The molecule has 4 rings (SSSR count). The van der Waals surface area contributed by atoms with Crippen LogP contribution in [0, 0.1) is 0 Å². The number of aromatic nitrogens is 2. The van der Waals surface area contributed by atoms with E-state index < -0.39 is 0 Å². The molecule has 6 nitrogen and oxygen atoms in total. The molecule has 7 heteroatoms. The Bertz CT molecular complexity index is 1060. The van der Waals surface area contributed by atoms with E-state index in [1.54, 1.807) is 0 Å². The molecule has 136 valence electrons. The van der Waals surface area contributed by atoms with Crippen molar-refractivity contribution >= 4 is 40.3 Å². The zero-order valence-corrected chi connectivity index (χ0v) is 15.6. The molecule has 1 aliphatic heterocycles. The normalized spacial score (nSPS) is 15.4. The van der Waals surface area contributed by atoms with Crippen LogP contribution in [0.4, 0.5) is 23.1 Å². The molecule has 0 saturated heterocycles. The lowest BCUT2D eigenvalue weighted by molar-refractivity contribution is 0.738. The van der Waals surface area contributed by atoms with E-state index in [-0.39, 0.29) is 28.0 Å². The van der Waals surface area contributed by atoms with Crippen LogP contribution in [-0.4, -0.2) is 21.0 Å². The predicted octanol–water partition coefficient (Wildman–Crippen LogP) is 3.22. The minimum absolute atomic E-state index is 0.110. The second-order valence-corrected chi connectivity index (χ2v) is 6.93. The van der Waals surface area contributed by atoms with Gasteiger partial charge in [-0.05, 0) is 37.1 Å². The van der Waals surface area contributed by atoms with Gasteiger partial charge in [-0.25, -0.2) is 0 Å². The molecule has 27 heavy (non-hydrogen) atoms. The van der Waals surface area contributed by atoms with Gasteiger partial charge in [0.1, 0.15) is 16.4 Å². The largest absolute Gasteiger partial charge is 0.383 e. The number of nitrogens with one attached hydrogen (secondary N) is 2. The number of para-hydroxylation sites is 2. The van der Waals surface area contributed by atoms with E-state index in [1.165, 1.54) is 5.56 Å². The van der Waals surface area contributed by atoms with Gasteiger partial charge in [0, 0.05) is 17.4 Å². The zero-order valence-electron chi connectivity index (χ0n) is 14.8. The third-order valence-corrected chi connectivity index (χ3v) is 4.94. The molecule has 3 aromatic rings. The number of hydrogen-bond acceptors (Lipinski definition) is 5. The van der Waals surface area contributed by atoms with Gasteiger partial charge >= 0.3 is 0 Å². The number of rotatable bonds is 3. The monoisotopic (exact) mass is 377 g/mol. The van der Waals surface area contributed by atoms with Gasteiger partial charge in [0.15, 0.2) is 0 Å². The Morgan fingerprint density at radius 2 is 1.93 bits per heavy atom.